The van der Waals surface area contributed by atoms with Crippen LogP contribution in [-0.4, -0.2) is 51.8 Å². The maximum atomic E-state index is 12.4. The Hall–Kier alpha value is -1.89. The molecular formula is C15H18BrN5O. The van der Waals surface area contributed by atoms with E-state index in [9.17, 15) is 4.79 Å². The fraction of sp³-hybridized carbons (Fsp3) is 0.400. The SMILES string of the molecule is Cc1cc(Br)cnc1N1CCN(C(=O)c2cnn(C)c2)CC1. The van der Waals surface area contributed by atoms with Gasteiger partial charge < -0.3 is 9.80 Å². The lowest BCUT2D eigenvalue weighted by Gasteiger charge is -2.35. The van der Waals surface area contributed by atoms with Gasteiger partial charge in [0.2, 0.25) is 0 Å². The Morgan fingerprint density at radius 3 is 2.55 bits per heavy atom. The summed E-state index contributed by atoms with van der Waals surface area (Å²) in [6, 6.07) is 2.06. The molecule has 0 saturated carbocycles. The van der Waals surface area contributed by atoms with Gasteiger partial charge in [0.05, 0.1) is 11.8 Å². The molecule has 0 atom stereocenters. The number of rotatable bonds is 2. The standard InChI is InChI=1S/C15H18BrN5O/c1-11-7-13(16)9-17-14(11)20-3-5-21(6-4-20)15(22)12-8-18-19(2)10-12/h7-10H,3-6H2,1-2H3. The van der Waals surface area contributed by atoms with E-state index in [0.717, 1.165) is 28.9 Å². The number of aromatic nitrogens is 3. The minimum atomic E-state index is 0.0493. The van der Waals surface area contributed by atoms with E-state index in [2.05, 4.69) is 43.9 Å². The summed E-state index contributed by atoms with van der Waals surface area (Å²) in [6.45, 7) is 5.04. The highest BCUT2D eigenvalue weighted by molar-refractivity contribution is 9.10. The molecule has 2 aromatic heterocycles. The van der Waals surface area contributed by atoms with Gasteiger partial charge in [-0.3, -0.25) is 9.48 Å². The van der Waals surface area contributed by atoms with Crippen LogP contribution in [0.5, 0.6) is 0 Å². The van der Waals surface area contributed by atoms with Crippen LogP contribution in [0.2, 0.25) is 0 Å². The molecule has 1 saturated heterocycles. The average molecular weight is 364 g/mol. The number of anilines is 1. The molecule has 0 unspecified atom stereocenters. The Kier molecular flexibility index (Phi) is 4.15. The average Bonchev–Trinajstić information content (AvgIpc) is 2.93. The lowest BCUT2D eigenvalue weighted by molar-refractivity contribution is 0.0746. The fourth-order valence-electron chi connectivity index (χ4n) is 2.70. The van der Waals surface area contributed by atoms with Crippen LogP contribution in [0.15, 0.2) is 29.1 Å². The second-order valence-electron chi connectivity index (χ2n) is 5.48. The molecule has 1 amide bonds. The Morgan fingerprint density at radius 1 is 1.23 bits per heavy atom. The second-order valence-corrected chi connectivity index (χ2v) is 6.39. The molecule has 1 aliphatic heterocycles. The van der Waals surface area contributed by atoms with Crippen molar-refractivity contribution in [3.8, 4) is 0 Å². The zero-order valence-corrected chi connectivity index (χ0v) is 14.2. The molecule has 3 rings (SSSR count). The van der Waals surface area contributed by atoms with Crippen LogP contribution >= 0.6 is 15.9 Å². The van der Waals surface area contributed by atoms with E-state index in [4.69, 9.17) is 0 Å². The topological polar surface area (TPSA) is 54.3 Å². The van der Waals surface area contributed by atoms with E-state index in [1.54, 1.807) is 17.1 Å². The van der Waals surface area contributed by atoms with Crippen LogP contribution in [0.3, 0.4) is 0 Å². The van der Waals surface area contributed by atoms with Crippen molar-refractivity contribution in [3.05, 3.63) is 40.3 Å². The van der Waals surface area contributed by atoms with Crippen molar-refractivity contribution in [1.29, 1.82) is 0 Å². The van der Waals surface area contributed by atoms with Crippen LogP contribution in [0, 0.1) is 6.92 Å². The quantitative estimate of drug-likeness (QED) is 0.816. The fourth-order valence-corrected chi connectivity index (χ4v) is 3.15. The highest BCUT2D eigenvalue weighted by Gasteiger charge is 2.24. The number of carbonyl (C=O) groups is 1. The van der Waals surface area contributed by atoms with Gasteiger partial charge in [0.15, 0.2) is 0 Å². The summed E-state index contributed by atoms with van der Waals surface area (Å²) in [4.78, 5) is 21.0. The van der Waals surface area contributed by atoms with E-state index < -0.39 is 0 Å². The third kappa shape index (κ3) is 2.99. The lowest BCUT2D eigenvalue weighted by Crippen LogP contribution is -2.49. The normalized spacial score (nSPS) is 15.2. The molecule has 3 heterocycles. The van der Waals surface area contributed by atoms with Crippen molar-refractivity contribution in [2.24, 2.45) is 7.05 Å². The minimum Gasteiger partial charge on any atom is -0.353 e. The highest BCUT2D eigenvalue weighted by atomic mass is 79.9. The lowest BCUT2D eigenvalue weighted by atomic mass is 10.2. The minimum absolute atomic E-state index is 0.0493. The molecular weight excluding hydrogens is 346 g/mol. The van der Waals surface area contributed by atoms with Crippen molar-refractivity contribution in [2.75, 3.05) is 31.1 Å². The number of nitrogens with zero attached hydrogens (tertiary/aromatic N) is 5. The van der Waals surface area contributed by atoms with E-state index in [-0.39, 0.29) is 5.91 Å². The molecule has 0 bridgehead atoms. The number of carbonyl (C=O) groups excluding carboxylic acids is 1. The van der Waals surface area contributed by atoms with E-state index >= 15 is 0 Å². The molecule has 0 radical (unpaired) electrons. The highest BCUT2D eigenvalue weighted by Crippen LogP contribution is 2.22. The van der Waals surface area contributed by atoms with Crippen LogP contribution in [0.25, 0.3) is 0 Å². The second kappa shape index (κ2) is 6.08. The maximum Gasteiger partial charge on any atom is 0.257 e. The number of hydrogen-bond donors (Lipinski definition) is 0. The summed E-state index contributed by atoms with van der Waals surface area (Å²) in [5.41, 5.74) is 1.79. The molecule has 22 heavy (non-hydrogen) atoms. The Morgan fingerprint density at radius 2 is 1.95 bits per heavy atom. The van der Waals surface area contributed by atoms with Gasteiger partial charge in [0, 0.05) is 50.1 Å². The number of pyridine rings is 1. The molecule has 1 fully saturated rings. The van der Waals surface area contributed by atoms with Gasteiger partial charge in [0.25, 0.3) is 5.91 Å². The molecule has 1 aliphatic rings. The van der Waals surface area contributed by atoms with Gasteiger partial charge in [-0.15, -0.1) is 0 Å². The molecule has 6 nitrogen and oxygen atoms in total. The smallest absolute Gasteiger partial charge is 0.257 e. The van der Waals surface area contributed by atoms with Crippen molar-refractivity contribution in [3.63, 3.8) is 0 Å². The summed E-state index contributed by atoms with van der Waals surface area (Å²) >= 11 is 3.43. The first-order valence-corrected chi connectivity index (χ1v) is 7.99. The van der Waals surface area contributed by atoms with E-state index in [1.165, 1.54) is 0 Å². The summed E-state index contributed by atoms with van der Waals surface area (Å²) in [5, 5.41) is 4.06. The van der Waals surface area contributed by atoms with Crippen molar-refractivity contribution >= 4 is 27.7 Å². The molecule has 7 heteroatoms. The van der Waals surface area contributed by atoms with Crippen LogP contribution in [0.4, 0.5) is 5.82 Å². The Balaban J connectivity index is 1.66. The number of halogens is 1. The van der Waals surface area contributed by atoms with Crippen molar-refractivity contribution in [1.82, 2.24) is 19.7 Å². The van der Waals surface area contributed by atoms with Crippen LogP contribution < -0.4 is 4.90 Å². The predicted molar refractivity (Wildman–Crippen MR) is 88.0 cm³/mol. The molecule has 0 N–H and O–H groups in total. The Bertz CT molecular complexity index is 691. The molecule has 116 valence electrons. The zero-order chi connectivity index (χ0) is 15.7. The zero-order valence-electron chi connectivity index (χ0n) is 12.7. The first kappa shape index (κ1) is 15.0. The van der Waals surface area contributed by atoms with E-state index in [0.29, 0.717) is 18.7 Å². The molecule has 0 aromatic carbocycles. The molecule has 0 aliphatic carbocycles. The number of hydrogen-bond acceptors (Lipinski definition) is 4. The largest absolute Gasteiger partial charge is 0.353 e. The number of amides is 1. The summed E-state index contributed by atoms with van der Waals surface area (Å²) in [5.74, 6) is 1.05. The third-order valence-corrected chi connectivity index (χ3v) is 4.27. The van der Waals surface area contributed by atoms with Crippen molar-refractivity contribution in [2.45, 2.75) is 6.92 Å². The van der Waals surface area contributed by atoms with Gasteiger partial charge in [-0.1, -0.05) is 0 Å². The van der Waals surface area contributed by atoms with Crippen molar-refractivity contribution < 1.29 is 4.79 Å². The van der Waals surface area contributed by atoms with Gasteiger partial charge >= 0.3 is 0 Å². The van der Waals surface area contributed by atoms with Gasteiger partial charge in [0.1, 0.15) is 5.82 Å². The monoisotopic (exact) mass is 363 g/mol. The maximum absolute atomic E-state index is 12.4. The first-order valence-electron chi connectivity index (χ1n) is 7.19. The molecule has 2 aromatic rings. The number of piperazine rings is 1. The summed E-state index contributed by atoms with van der Waals surface area (Å²) in [6.07, 6.45) is 5.19. The summed E-state index contributed by atoms with van der Waals surface area (Å²) < 4.78 is 2.64. The Labute approximate surface area is 137 Å². The number of aryl methyl sites for hydroxylation is 2. The molecule has 0 spiro atoms. The van der Waals surface area contributed by atoms with Gasteiger partial charge in [-0.25, -0.2) is 4.98 Å². The van der Waals surface area contributed by atoms with Crippen LogP contribution in [0.1, 0.15) is 15.9 Å². The summed E-state index contributed by atoms with van der Waals surface area (Å²) in [7, 11) is 1.82. The first-order chi connectivity index (χ1) is 10.5. The van der Waals surface area contributed by atoms with Gasteiger partial charge in [-0.05, 0) is 34.5 Å². The van der Waals surface area contributed by atoms with Crippen LogP contribution in [-0.2, 0) is 7.05 Å². The predicted octanol–water partition coefficient (Wildman–Crippen LogP) is 1.85. The third-order valence-electron chi connectivity index (χ3n) is 3.84. The van der Waals surface area contributed by atoms with Gasteiger partial charge in [-0.2, -0.15) is 5.10 Å². The van der Waals surface area contributed by atoms with E-state index in [1.807, 2.05) is 18.1 Å².